The number of hydrogen-bond acceptors (Lipinski definition) is 3. The van der Waals surface area contributed by atoms with E-state index in [9.17, 15) is 22.4 Å². The molecule has 0 fully saturated rings. The predicted molar refractivity (Wildman–Crippen MR) is 134 cm³/mol. The van der Waals surface area contributed by atoms with Gasteiger partial charge in [0.05, 0.1) is 12.2 Å². The Morgan fingerprint density at radius 2 is 1.61 bits per heavy atom. The standard InChI is InChI=1S/C28H21F4NO2S/c29-21-7-4-8-23(16-21)35-26-17-22(11-14-25(26)20-5-2-1-3-6-20)33-27(34)15-19-9-12-24(13-10-19)36-18-28(30,31)32/h1-14,16-17H,15,18H2,(H,33,34). The van der Waals surface area contributed by atoms with Crippen LogP contribution in [0.5, 0.6) is 11.5 Å². The van der Waals surface area contributed by atoms with Crippen molar-refractivity contribution in [2.75, 3.05) is 11.1 Å². The SMILES string of the molecule is O=C(Cc1ccc(SCC(F)(F)F)cc1)Nc1ccc(-c2ccccc2)c(Oc2cccc(F)c2)c1. The first kappa shape index (κ1) is 25.3. The number of ether oxygens (including phenoxy) is 1. The van der Waals surface area contributed by atoms with E-state index in [-0.39, 0.29) is 12.3 Å². The molecule has 0 bridgehead atoms. The van der Waals surface area contributed by atoms with Crippen LogP contribution in [0.3, 0.4) is 0 Å². The number of thioether (sulfide) groups is 1. The van der Waals surface area contributed by atoms with Crippen LogP contribution in [-0.4, -0.2) is 17.8 Å². The third-order valence-electron chi connectivity index (χ3n) is 5.06. The molecule has 1 amide bonds. The Labute approximate surface area is 210 Å². The summed E-state index contributed by atoms with van der Waals surface area (Å²) in [6, 6.07) is 26.9. The fraction of sp³-hybridized carbons (Fsp3) is 0.107. The quantitative estimate of drug-likeness (QED) is 0.192. The molecule has 8 heteroatoms. The lowest BCUT2D eigenvalue weighted by Crippen LogP contribution is -2.14. The Hall–Kier alpha value is -3.78. The summed E-state index contributed by atoms with van der Waals surface area (Å²) in [5.41, 5.74) is 2.82. The Morgan fingerprint density at radius 1 is 0.861 bits per heavy atom. The van der Waals surface area contributed by atoms with Crippen molar-refractivity contribution in [3.8, 4) is 22.6 Å². The molecule has 184 valence electrons. The molecule has 0 atom stereocenters. The highest BCUT2D eigenvalue weighted by Crippen LogP contribution is 2.36. The number of benzene rings is 4. The van der Waals surface area contributed by atoms with Crippen molar-refractivity contribution in [3.05, 3.63) is 108 Å². The molecule has 4 rings (SSSR count). The summed E-state index contributed by atoms with van der Waals surface area (Å²) in [5, 5.41) is 2.82. The predicted octanol–water partition coefficient (Wildman–Crippen LogP) is 8.12. The minimum Gasteiger partial charge on any atom is -0.457 e. The molecule has 0 radical (unpaired) electrons. The van der Waals surface area contributed by atoms with Crippen molar-refractivity contribution >= 4 is 23.4 Å². The Morgan fingerprint density at radius 3 is 2.31 bits per heavy atom. The summed E-state index contributed by atoms with van der Waals surface area (Å²) in [4.78, 5) is 13.1. The number of amides is 1. The normalized spacial score (nSPS) is 11.2. The average Bonchev–Trinajstić information content (AvgIpc) is 2.84. The van der Waals surface area contributed by atoms with E-state index in [1.54, 1.807) is 48.5 Å². The molecule has 36 heavy (non-hydrogen) atoms. The third-order valence-corrected chi connectivity index (χ3v) is 6.14. The summed E-state index contributed by atoms with van der Waals surface area (Å²) in [7, 11) is 0. The Balaban J connectivity index is 1.48. The van der Waals surface area contributed by atoms with Crippen LogP contribution in [0.1, 0.15) is 5.56 Å². The van der Waals surface area contributed by atoms with Gasteiger partial charge in [-0.25, -0.2) is 4.39 Å². The maximum Gasteiger partial charge on any atom is 0.398 e. The second-order valence-corrected chi connectivity index (χ2v) is 8.96. The molecule has 3 nitrogen and oxygen atoms in total. The molecule has 4 aromatic rings. The number of anilines is 1. The monoisotopic (exact) mass is 511 g/mol. The summed E-state index contributed by atoms with van der Waals surface area (Å²) in [6.07, 6.45) is -4.19. The van der Waals surface area contributed by atoms with Crippen molar-refractivity contribution in [2.24, 2.45) is 0 Å². The van der Waals surface area contributed by atoms with E-state index in [1.807, 2.05) is 36.4 Å². The number of halogens is 4. The van der Waals surface area contributed by atoms with Crippen molar-refractivity contribution in [1.29, 1.82) is 0 Å². The molecule has 0 aliphatic heterocycles. The highest BCUT2D eigenvalue weighted by atomic mass is 32.2. The largest absolute Gasteiger partial charge is 0.457 e. The molecule has 0 aliphatic carbocycles. The van der Waals surface area contributed by atoms with Crippen LogP contribution in [-0.2, 0) is 11.2 Å². The van der Waals surface area contributed by atoms with Crippen LogP contribution in [0.2, 0.25) is 0 Å². The van der Waals surface area contributed by atoms with E-state index in [0.29, 0.717) is 39.4 Å². The maximum absolute atomic E-state index is 13.7. The maximum atomic E-state index is 13.7. The van der Waals surface area contributed by atoms with Crippen LogP contribution in [0.4, 0.5) is 23.2 Å². The number of rotatable bonds is 8. The number of carbonyl (C=O) groups excluding carboxylic acids is 1. The van der Waals surface area contributed by atoms with Crippen molar-refractivity contribution in [2.45, 2.75) is 17.5 Å². The van der Waals surface area contributed by atoms with Crippen LogP contribution in [0.15, 0.2) is 102 Å². The highest BCUT2D eigenvalue weighted by Gasteiger charge is 2.27. The van der Waals surface area contributed by atoms with E-state index in [2.05, 4.69) is 5.32 Å². The van der Waals surface area contributed by atoms with Gasteiger partial charge in [-0.2, -0.15) is 13.2 Å². The summed E-state index contributed by atoms with van der Waals surface area (Å²) >= 11 is 0.697. The van der Waals surface area contributed by atoms with Crippen molar-refractivity contribution in [3.63, 3.8) is 0 Å². The molecule has 0 saturated carbocycles. The summed E-state index contributed by atoms with van der Waals surface area (Å²) < 4.78 is 56.8. The Kier molecular flexibility index (Phi) is 7.95. The fourth-order valence-electron chi connectivity index (χ4n) is 3.46. The number of hydrogen-bond donors (Lipinski definition) is 1. The van der Waals surface area contributed by atoms with Gasteiger partial charge < -0.3 is 10.1 Å². The first-order valence-electron chi connectivity index (χ1n) is 11.0. The fourth-order valence-corrected chi connectivity index (χ4v) is 4.12. The minimum atomic E-state index is -4.24. The highest BCUT2D eigenvalue weighted by molar-refractivity contribution is 7.99. The first-order chi connectivity index (χ1) is 17.2. The molecular weight excluding hydrogens is 490 g/mol. The smallest absolute Gasteiger partial charge is 0.398 e. The van der Waals surface area contributed by atoms with E-state index in [1.165, 1.54) is 12.1 Å². The summed E-state index contributed by atoms with van der Waals surface area (Å²) in [5.74, 6) is -0.933. The van der Waals surface area contributed by atoms with Crippen LogP contribution >= 0.6 is 11.8 Å². The zero-order chi connectivity index (χ0) is 25.5. The minimum absolute atomic E-state index is 0.0464. The van der Waals surface area contributed by atoms with Gasteiger partial charge in [0.2, 0.25) is 5.91 Å². The van der Waals surface area contributed by atoms with E-state index >= 15 is 0 Å². The number of carbonyl (C=O) groups is 1. The van der Waals surface area contributed by atoms with E-state index in [4.69, 9.17) is 4.74 Å². The zero-order valence-corrected chi connectivity index (χ0v) is 19.7. The van der Waals surface area contributed by atoms with Gasteiger partial charge in [-0.3, -0.25) is 4.79 Å². The van der Waals surface area contributed by atoms with Crippen LogP contribution in [0.25, 0.3) is 11.1 Å². The van der Waals surface area contributed by atoms with Crippen LogP contribution < -0.4 is 10.1 Å². The van der Waals surface area contributed by atoms with E-state index in [0.717, 1.165) is 11.1 Å². The van der Waals surface area contributed by atoms with Crippen LogP contribution in [0, 0.1) is 5.82 Å². The van der Waals surface area contributed by atoms with Gasteiger partial charge in [-0.05, 0) is 47.5 Å². The lowest BCUT2D eigenvalue weighted by Gasteiger charge is -2.14. The van der Waals surface area contributed by atoms with Gasteiger partial charge in [0.25, 0.3) is 0 Å². The number of nitrogens with one attached hydrogen (secondary N) is 1. The number of alkyl halides is 3. The van der Waals surface area contributed by atoms with Gasteiger partial charge in [0, 0.05) is 28.3 Å². The first-order valence-corrected chi connectivity index (χ1v) is 11.9. The molecule has 0 unspecified atom stereocenters. The van der Waals surface area contributed by atoms with Crippen molar-refractivity contribution in [1.82, 2.24) is 0 Å². The molecule has 0 saturated heterocycles. The topological polar surface area (TPSA) is 38.3 Å². The lowest BCUT2D eigenvalue weighted by molar-refractivity contribution is -0.115. The van der Waals surface area contributed by atoms with Crippen molar-refractivity contribution < 1.29 is 27.1 Å². The van der Waals surface area contributed by atoms with E-state index < -0.39 is 17.7 Å². The van der Waals surface area contributed by atoms with Gasteiger partial charge >= 0.3 is 6.18 Å². The van der Waals surface area contributed by atoms with Gasteiger partial charge in [0.15, 0.2) is 0 Å². The molecular formula is C28H21F4NO2S. The van der Waals surface area contributed by atoms with Gasteiger partial charge in [-0.15, -0.1) is 11.8 Å². The molecule has 4 aromatic carbocycles. The second kappa shape index (κ2) is 11.3. The molecule has 0 aliphatic rings. The average molecular weight is 512 g/mol. The zero-order valence-electron chi connectivity index (χ0n) is 18.9. The molecule has 0 heterocycles. The Bertz CT molecular complexity index is 1330. The summed E-state index contributed by atoms with van der Waals surface area (Å²) in [6.45, 7) is 0. The third kappa shape index (κ3) is 7.36. The molecule has 0 spiro atoms. The second-order valence-electron chi connectivity index (χ2n) is 7.91. The van der Waals surface area contributed by atoms with Gasteiger partial charge in [0.1, 0.15) is 17.3 Å². The molecule has 1 N–H and O–H groups in total. The van der Waals surface area contributed by atoms with Gasteiger partial charge in [-0.1, -0.05) is 48.5 Å². The lowest BCUT2D eigenvalue weighted by atomic mass is 10.0. The molecule has 0 aromatic heterocycles.